The van der Waals surface area contributed by atoms with Gasteiger partial charge in [-0.15, -0.1) is 0 Å². The number of hydrogen-bond donors (Lipinski definition) is 2. The van der Waals surface area contributed by atoms with Crippen LogP contribution in [0.15, 0.2) is 42.7 Å². The molecule has 0 bridgehead atoms. The van der Waals surface area contributed by atoms with Gasteiger partial charge in [0.1, 0.15) is 18.2 Å². The lowest BCUT2D eigenvalue weighted by molar-refractivity contribution is -0.126. The number of aliphatic hydroxyl groups excluding tert-OH is 1. The maximum absolute atomic E-state index is 13.0. The topological polar surface area (TPSA) is 96.2 Å². The highest BCUT2D eigenvalue weighted by Gasteiger charge is 2.45. The first kappa shape index (κ1) is 22.0. The number of β-amino-alcohol motifs (C(OH)–C–C–N with tert-alkyl or cyclic N) is 1. The van der Waals surface area contributed by atoms with Crippen molar-refractivity contribution in [3.63, 3.8) is 0 Å². The predicted molar refractivity (Wildman–Crippen MR) is 122 cm³/mol. The summed E-state index contributed by atoms with van der Waals surface area (Å²) in [6, 6.07) is 9.72. The number of nitrogens with one attached hydrogen (secondary N) is 1. The highest BCUT2D eigenvalue weighted by atomic mass is 16.3. The number of aliphatic hydroxyl groups is 1. The van der Waals surface area contributed by atoms with Crippen molar-refractivity contribution >= 4 is 11.7 Å². The molecule has 0 radical (unpaired) electrons. The monoisotopic (exact) mass is 434 g/mol. The molecule has 2 aromatic heterocycles. The van der Waals surface area contributed by atoms with Crippen LogP contribution in [0.4, 0.5) is 5.82 Å². The van der Waals surface area contributed by atoms with E-state index in [2.05, 4.69) is 25.3 Å². The molecule has 3 aromatic rings. The number of piperidine rings is 1. The van der Waals surface area contributed by atoms with E-state index in [4.69, 9.17) is 0 Å². The highest BCUT2D eigenvalue weighted by molar-refractivity contribution is 5.77. The molecule has 2 N–H and O–H groups in total. The van der Waals surface area contributed by atoms with Crippen LogP contribution in [0, 0.1) is 27.7 Å². The van der Waals surface area contributed by atoms with Gasteiger partial charge in [0.2, 0.25) is 5.91 Å². The lowest BCUT2D eigenvalue weighted by Crippen LogP contribution is -2.62. The molecule has 0 saturated carbocycles. The molecule has 32 heavy (non-hydrogen) atoms. The van der Waals surface area contributed by atoms with Crippen molar-refractivity contribution in [3.05, 3.63) is 70.9 Å². The van der Waals surface area contributed by atoms with Crippen molar-refractivity contribution in [3.8, 4) is 0 Å². The van der Waals surface area contributed by atoms with Gasteiger partial charge in [0.25, 0.3) is 0 Å². The second-order valence-corrected chi connectivity index (χ2v) is 8.62. The Kier molecular flexibility index (Phi) is 5.97. The van der Waals surface area contributed by atoms with Crippen LogP contribution in [-0.2, 0) is 16.9 Å². The average molecular weight is 435 g/mol. The van der Waals surface area contributed by atoms with Gasteiger partial charge in [-0.2, -0.15) is 5.10 Å². The average Bonchev–Trinajstić information content (AvgIpc) is 3.17. The molecule has 4 rings (SSSR count). The van der Waals surface area contributed by atoms with Crippen LogP contribution in [-0.4, -0.2) is 50.0 Å². The van der Waals surface area contributed by atoms with E-state index in [-0.39, 0.29) is 12.5 Å². The fraction of sp³-hybridized carbons (Fsp3) is 0.417. The largest absolute Gasteiger partial charge is 0.388 e. The van der Waals surface area contributed by atoms with Crippen molar-refractivity contribution in [1.29, 1.82) is 0 Å². The van der Waals surface area contributed by atoms with Gasteiger partial charge in [-0.25, -0.2) is 9.97 Å². The first-order chi connectivity index (χ1) is 15.3. The van der Waals surface area contributed by atoms with Gasteiger partial charge in [-0.05, 0) is 45.2 Å². The van der Waals surface area contributed by atoms with E-state index >= 15 is 0 Å². The standard InChI is InChI=1S/C24H30N6O2/c1-16-12-25-30(13-16)15-22(32)28-24(20-8-6-5-7-9-20)10-11-29(14-21(24)31)23-17(2)18(3)26-19(4)27-23/h5-9,12-13,21,31H,10-11,14-15H2,1-4H3,(H,28,32)/t21-,24-/m1/s1. The maximum Gasteiger partial charge on any atom is 0.242 e. The zero-order valence-corrected chi connectivity index (χ0v) is 19.0. The Labute approximate surface area is 188 Å². The van der Waals surface area contributed by atoms with Gasteiger partial charge in [0.05, 0.1) is 17.8 Å². The summed E-state index contributed by atoms with van der Waals surface area (Å²) in [5.41, 5.74) is 2.94. The van der Waals surface area contributed by atoms with E-state index in [1.165, 1.54) is 0 Å². The van der Waals surface area contributed by atoms with Crippen molar-refractivity contribution in [2.45, 2.75) is 52.3 Å². The van der Waals surface area contributed by atoms with Gasteiger partial charge < -0.3 is 15.3 Å². The van der Waals surface area contributed by atoms with Crippen molar-refractivity contribution in [2.75, 3.05) is 18.0 Å². The molecular formula is C24H30N6O2. The number of aromatic nitrogens is 4. The third kappa shape index (κ3) is 4.23. The molecule has 3 heterocycles. The fourth-order valence-corrected chi connectivity index (χ4v) is 4.46. The number of hydrogen-bond acceptors (Lipinski definition) is 6. The van der Waals surface area contributed by atoms with Crippen LogP contribution in [0.1, 0.15) is 34.6 Å². The zero-order chi connectivity index (χ0) is 22.9. The molecule has 0 aliphatic carbocycles. The van der Waals surface area contributed by atoms with Gasteiger partial charge in [-0.1, -0.05) is 30.3 Å². The second kappa shape index (κ2) is 8.70. The molecule has 0 unspecified atom stereocenters. The minimum absolute atomic E-state index is 0.0995. The van der Waals surface area contributed by atoms with E-state index in [1.54, 1.807) is 10.9 Å². The lowest BCUT2D eigenvalue weighted by Gasteiger charge is -2.47. The lowest BCUT2D eigenvalue weighted by atomic mass is 9.78. The van der Waals surface area contributed by atoms with Gasteiger partial charge >= 0.3 is 0 Å². The highest BCUT2D eigenvalue weighted by Crippen LogP contribution is 2.35. The Balaban J connectivity index is 1.61. The third-order valence-electron chi connectivity index (χ3n) is 6.23. The Hall–Kier alpha value is -3.26. The van der Waals surface area contributed by atoms with Gasteiger partial charge in [0.15, 0.2) is 0 Å². The summed E-state index contributed by atoms with van der Waals surface area (Å²) in [7, 11) is 0. The number of benzene rings is 1. The molecule has 1 aromatic carbocycles. The molecule has 1 aliphatic rings. The van der Waals surface area contributed by atoms with Crippen molar-refractivity contribution < 1.29 is 9.90 Å². The van der Waals surface area contributed by atoms with Crippen LogP contribution in [0.25, 0.3) is 0 Å². The predicted octanol–water partition coefficient (Wildman–Crippen LogP) is 2.19. The number of anilines is 1. The van der Waals surface area contributed by atoms with Gasteiger partial charge in [-0.3, -0.25) is 9.48 Å². The molecule has 1 aliphatic heterocycles. The van der Waals surface area contributed by atoms with Crippen molar-refractivity contribution in [1.82, 2.24) is 25.1 Å². The maximum atomic E-state index is 13.0. The summed E-state index contributed by atoms with van der Waals surface area (Å²) in [5, 5.41) is 18.8. The van der Waals surface area contributed by atoms with Crippen molar-refractivity contribution in [2.24, 2.45) is 0 Å². The summed E-state index contributed by atoms with van der Waals surface area (Å²) in [6.45, 7) is 8.88. The van der Waals surface area contributed by atoms with Crippen LogP contribution in [0.5, 0.6) is 0 Å². The third-order valence-corrected chi connectivity index (χ3v) is 6.23. The van der Waals surface area contributed by atoms with E-state index in [0.717, 1.165) is 28.2 Å². The molecule has 1 saturated heterocycles. The normalized spacial score (nSPS) is 20.9. The molecule has 8 nitrogen and oxygen atoms in total. The fourth-order valence-electron chi connectivity index (χ4n) is 4.46. The Morgan fingerprint density at radius 2 is 1.94 bits per heavy atom. The molecule has 0 spiro atoms. The summed E-state index contributed by atoms with van der Waals surface area (Å²) in [4.78, 5) is 24.2. The first-order valence-electron chi connectivity index (χ1n) is 10.9. The number of aryl methyl sites for hydroxylation is 3. The minimum Gasteiger partial charge on any atom is -0.388 e. The first-order valence-corrected chi connectivity index (χ1v) is 10.9. The number of amides is 1. The van der Waals surface area contributed by atoms with E-state index in [1.807, 2.05) is 64.2 Å². The van der Waals surface area contributed by atoms with Gasteiger partial charge in [0, 0.05) is 30.5 Å². The van der Waals surface area contributed by atoms with E-state index in [9.17, 15) is 9.90 Å². The Morgan fingerprint density at radius 3 is 2.59 bits per heavy atom. The molecule has 8 heteroatoms. The SMILES string of the molecule is Cc1cnn(CC(=O)N[C@@]2(c3ccccc3)CCN(c3nc(C)nc(C)c3C)C[C@H]2O)c1. The Bertz CT molecular complexity index is 1110. The smallest absolute Gasteiger partial charge is 0.242 e. The number of carbonyl (C=O) groups is 1. The summed E-state index contributed by atoms with van der Waals surface area (Å²) >= 11 is 0. The van der Waals surface area contributed by atoms with Crippen LogP contribution < -0.4 is 10.2 Å². The number of carbonyl (C=O) groups excluding carboxylic acids is 1. The molecule has 1 amide bonds. The quantitative estimate of drug-likeness (QED) is 0.639. The summed E-state index contributed by atoms with van der Waals surface area (Å²) < 4.78 is 1.61. The molecular weight excluding hydrogens is 404 g/mol. The zero-order valence-electron chi connectivity index (χ0n) is 19.0. The number of nitrogens with zero attached hydrogens (tertiary/aromatic N) is 5. The van der Waals surface area contributed by atoms with E-state index < -0.39 is 11.6 Å². The minimum atomic E-state index is -0.887. The molecule has 1 fully saturated rings. The van der Waals surface area contributed by atoms with Crippen LogP contribution in [0.2, 0.25) is 0 Å². The van der Waals surface area contributed by atoms with Crippen LogP contribution >= 0.6 is 0 Å². The number of rotatable bonds is 5. The second-order valence-electron chi connectivity index (χ2n) is 8.62. The van der Waals surface area contributed by atoms with Crippen LogP contribution in [0.3, 0.4) is 0 Å². The van der Waals surface area contributed by atoms with E-state index in [0.29, 0.717) is 25.3 Å². The summed E-state index contributed by atoms with van der Waals surface area (Å²) in [5.74, 6) is 1.36. The Morgan fingerprint density at radius 1 is 1.19 bits per heavy atom. The summed E-state index contributed by atoms with van der Waals surface area (Å²) in [6.07, 6.45) is 3.28. The molecule has 2 atom stereocenters. The molecule has 168 valence electrons.